The highest BCUT2D eigenvalue weighted by molar-refractivity contribution is 6.04. The van der Waals surface area contributed by atoms with Gasteiger partial charge in [0.15, 0.2) is 12.2 Å². The second kappa shape index (κ2) is 7.44. The van der Waals surface area contributed by atoms with Crippen LogP contribution in [0.4, 0.5) is 5.69 Å². The third-order valence-electron chi connectivity index (χ3n) is 3.62. The van der Waals surface area contributed by atoms with Crippen LogP contribution in [0.3, 0.4) is 0 Å². The molecule has 2 aromatic carbocycles. The Morgan fingerprint density at radius 1 is 1.04 bits per heavy atom. The van der Waals surface area contributed by atoms with Crippen LogP contribution in [0, 0.1) is 0 Å². The molecule has 0 aliphatic heterocycles. The van der Waals surface area contributed by atoms with E-state index in [9.17, 15) is 9.59 Å². The Morgan fingerprint density at radius 3 is 2.36 bits per heavy atom. The highest BCUT2D eigenvalue weighted by Gasteiger charge is 2.07. The molecule has 0 unspecified atom stereocenters. The number of aromatic nitrogens is 1. The zero-order chi connectivity index (χ0) is 17.6. The van der Waals surface area contributed by atoms with Crippen molar-refractivity contribution in [3.05, 3.63) is 72.2 Å². The number of hydrogen-bond acceptors (Lipinski definition) is 4. The van der Waals surface area contributed by atoms with Crippen LogP contribution < -0.4 is 10.6 Å². The number of hydrogen-bond donors (Lipinski definition) is 2. The molecule has 3 rings (SSSR count). The van der Waals surface area contributed by atoms with E-state index in [1.54, 1.807) is 30.5 Å². The van der Waals surface area contributed by atoms with Crippen LogP contribution in [-0.2, 0) is 11.3 Å². The fourth-order valence-corrected chi connectivity index (χ4v) is 2.28. The number of amides is 2. The molecule has 0 fully saturated rings. The van der Waals surface area contributed by atoms with Gasteiger partial charge in [-0.05, 0) is 42.0 Å². The Hall–Kier alpha value is -3.41. The molecular formula is C19H17N3O3. The number of nitrogens with zero attached hydrogens (tertiary/aromatic N) is 1. The Labute approximate surface area is 144 Å². The SMILES string of the molecule is CC(=O)NCc1ccc(C(=O)Nc2ccc(-c3cnco3)cc2)cc1. The normalized spacial score (nSPS) is 10.3. The van der Waals surface area contributed by atoms with Gasteiger partial charge in [0.2, 0.25) is 5.91 Å². The average Bonchev–Trinajstić information content (AvgIpc) is 3.15. The van der Waals surface area contributed by atoms with Crippen molar-refractivity contribution in [2.75, 3.05) is 5.32 Å². The second-order valence-electron chi connectivity index (χ2n) is 5.50. The van der Waals surface area contributed by atoms with Crippen molar-refractivity contribution >= 4 is 17.5 Å². The predicted molar refractivity (Wildman–Crippen MR) is 93.9 cm³/mol. The van der Waals surface area contributed by atoms with E-state index in [2.05, 4.69) is 15.6 Å². The minimum atomic E-state index is -0.196. The maximum atomic E-state index is 12.3. The maximum absolute atomic E-state index is 12.3. The number of carbonyl (C=O) groups excluding carboxylic acids is 2. The van der Waals surface area contributed by atoms with E-state index in [-0.39, 0.29) is 11.8 Å². The van der Waals surface area contributed by atoms with Gasteiger partial charge < -0.3 is 15.1 Å². The van der Waals surface area contributed by atoms with Crippen molar-refractivity contribution in [2.45, 2.75) is 13.5 Å². The van der Waals surface area contributed by atoms with Crippen LogP contribution in [0.25, 0.3) is 11.3 Å². The largest absolute Gasteiger partial charge is 0.444 e. The molecule has 1 heterocycles. The van der Waals surface area contributed by atoms with Crippen LogP contribution in [0.5, 0.6) is 0 Å². The lowest BCUT2D eigenvalue weighted by Gasteiger charge is -2.07. The summed E-state index contributed by atoms with van der Waals surface area (Å²) in [6.45, 7) is 1.91. The average molecular weight is 335 g/mol. The van der Waals surface area contributed by atoms with E-state index in [1.165, 1.54) is 13.3 Å². The van der Waals surface area contributed by atoms with Crippen LogP contribution in [0.1, 0.15) is 22.8 Å². The zero-order valence-electron chi connectivity index (χ0n) is 13.7. The lowest BCUT2D eigenvalue weighted by molar-refractivity contribution is -0.119. The van der Waals surface area contributed by atoms with Crippen molar-refractivity contribution in [1.29, 1.82) is 0 Å². The smallest absolute Gasteiger partial charge is 0.255 e. The van der Waals surface area contributed by atoms with Crippen LogP contribution in [-0.4, -0.2) is 16.8 Å². The molecular weight excluding hydrogens is 318 g/mol. The van der Waals surface area contributed by atoms with Gasteiger partial charge in [-0.3, -0.25) is 9.59 Å². The molecule has 3 aromatic rings. The Kier molecular flexibility index (Phi) is 4.89. The van der Waals surface area contributed by atoms with E-state index in [1.807, 2.05) is 24.3 Å². The first-order chi connectivity index (χ1) is 12.1. The highest BCUT2D eigenvalue weighted by atomic mass is 16.3. The van der Waals surface area contributed by atoms with E-state index >= 15 is 0 Å². The standard InChI is InChI=1S/C19H17N3O3/c1-13(23)21-10-14-2-4-16(5-3-14)19(24)22-17-8-6-15(7-9-17)18-11-20-12-25-18/h2-9,11-12H,10H2,1H3,(H,21,23)(H,22,24). The quantitative estimate of drug-likeness (QED) is 0.750. The lowest BCUT2D eigenvalue weighted by atomic mass is 10.1. The molecule has 25 heavy (non-hydrogen) atoms. The van der Waals surface area contributed by atoms with Gasteiger partial charge in [0.25, 0.3) is 5.91 Å². The number of carbonyl (C=O) groups is 2. The summed E-state index contributed by atoms with van der Waals surface area (Å²) in [6.07, 6.45) is 3.01. The van der Waals surface area contributed by atoms with Crippen LogP contribution >= 0.6 is 0 Å². The molecule has 2 amide bonds. The third-order valence-corrected chi connectivity index (χ3v) is 3.62. The van der Waals surface area contributed by atoms with Crippen molar-refractivity contribution in [3.8, 4) is 11.3 Å². The first-order valence-corrected chi connectivity index (χ1v) is 7.75. The second-order valence-corrected chi connectivity index (χ2v) is 5.50. The molecule has 0 atom stereocenters. The van der Waals surface area contributed by atoms with Gasteiger partial charge in [0.05, 0.1) is 6.20 Å². The zero-order valence-corrected chi connectivity index (χ0v) is 13.7. The fourth-order valence-electron chi connectivity index (χ4n) is 2.28. The highest BCUT2D eigenvalue weighted by Crippen LogP contribution is 2.21. The molecule has 0 saturated carbocycles. The number of rotatable bonds is 5. The van der Waals surface area contributed by atoms with Gasteiger partial charge in [-0.1, -0.05) is 12.1 Å². The molecule has 0 aliphatic carbocycles. The van der Waals surface area contributed by atoms with Gasteiger partial charge >= 0.3 is 0 Å². The predicted octanol–water partition coefficient (Wildman–Crippen LogP) is 3.23. The van der Waals surface area contributed by atoms with E-state index < -0.39 is 0 Å². The summed E-state index contributed by atoms with van der Waals surface area (Å²) in [5, 5.41) is 5.56. The van der Waals surface area contributed by atoms with Crippen LogP contribution in [0.15, 0.2) is 65.5 Å². The summed E-state index contributed by atoms with van der Waals surface area (Å²) >= 11 is 0. The number of benzene rings is 2. The molecule has 0 radical (unpaired) electrons. The molecule has 6 heteroatoms. The summed E-state index contributed by atoms with van der Waals surface area (Å²) < 4.78 is 5.23. The Bertz CT molecular complexity index is 854. The third kappa shape index (κ3) is 4.32. The summed E-state index contributed by atoms with van der Waals surface area (Å²) in [5.74, 6) is 0.390. The first kappa shape index (κ1) is 16.4. The molecule has 1 aromatic heterocycles. The minimum Gasteiger partial charge on any atom is -0.444 e. The Morgan fingerprint density at radius 2 is 1.76 bits per heavy atom. The van der Waals surface area contributed by atoms with Gasteiger partial charge in [-0.25, -0.2) is 4.98 Å². The monoisotopic (exact) mass is 335 g/mol. The van der Waals surface area contributed by atoms with Crippen molar-refractivity contribution in [1.82, 2.24) is 10.3 Å². The molecule has 0 spiro atoms. The number of anilines is 1. The molecule has 0 saturated heterocycles. The van der Waals surface area contributed by atoms with Gasteiger partial charge in [0, 0.05) is 30.3 Å². The maximum Gasteiger partial charge on any atom is 0.255 e. The molecule has 0 aliphatic rings. The Balaban J connectivity index is 1.62. The molecule has 0 bridgehead atoms. The minimum absolute atomic E-state index is 0.0874. The molecule has 6 nitrogen and oxygen atoms in total. The van der Waals surface area contributed by atoms with Crippen LogP contribution in [0.2, 0.25) is 0 Å². The number of nitrogens with one attached hydrogen (secondary N) is 2. The first-order valence-electron chi connectivity index (χ1n) is 7.75. The molecule has 2 N–H and O–H groups in total. The summed E-state index contributed by atoms with van der Waals surface area (Å²) in [6, 6.07) is 14.4. The van der Waals surface area contributed by atoms with Crippen molar-refractivity contribution < 1.29 is 14.0 Å². The van der Waals surface area contributed by atoms with Gasteiger partial charge in [-0.2, -0.15) is 0 Å². The van der Waals surface area contributed by atoms with Crippen molar-refractivity contribution in [3.63, 3.8) is 0 Å². The van der Waals surface area contributed by atoms with Gasteiger partial charge in [0.1, 0.15) is 0 Å². The fraction of sp³-hybridized carbons (Fsp3) is 0.105. The number of oxazole rings is 1. The van der Waals surface area contributed by atoms with E-state index in [0.717, 1.165) is 11.1 Å². The van der Waals surface area contributed by atoms with E-state index in [4.69, 9.17) is 4.42 Å². The lowest BCUT2D eigenvalue weighted by Crippen LogP contribution is -2.19. The summed E-state index contributed by atoms with van der Waals surface area (Å²) in [5.41, 5.74) is 3.06. The van der Waals surface area contributed by atoms with Gasteiger partial charge in [-0.15, -0.1) is 0 Å². The van der Waals surface area contributed by atoms with Crippen molar-refractivity contribution in [2.24, 2.45) is 0 Å². The molecule has 126 valence electrons. The topological polar surface area (TPSA) is 84.2 Å². The summed E-state index contributed by atoms with van der Waals surface area (Å²) in [7, 11) is 0. The summed E-state index contributed by atoms with van der Waals surface area (Å²) in [4.78, 5) is 27.1. The van der Waals surface area contributed by atoms with E-state index in [0.29, 0.717) is 23.6 Å².